The lowest BCUT2D eigenvalue weighted by atomic mass is 9.97. The van der Waals surface area contributed by atoms with Crippen LogP contribution in [0.25, 0.3) is 6.08 Å². The molecule has 0 unspecified atom stereocenters. The largest absolute Gasteiger partial charge is 0.493 e. The topological polar surface area (TPSA) is 68.3 Å². The number of carbonyl (C=O) groups excluding carboxylic acids is 2. The van der Waals surface area contributed by atoms with Crippen LogP contribution in [0.4, 0.5) is 11.4 Å². The number of rotatable bonds is 4. The molecule has 0 N–H and O–H groups in total. The van der Waals surface area contributed by atoms with Crippen LogP contribution >= 0.6 is 0 Å². The van der Waals surface area contributed by atoms with Gasteiger partial charge in [-0.3, -0.25) is 14.5 Å². The van der Waals surface area contributed by atoms with Crippen molar-refractivity contribution in [3.05, 3.63) is 89.5 Å². The van der Waals surface area contributed by atoms with E-state index in [-0.39, 0.29) is 18.4 Å². The van der Waals surface area contributed by atoms with Gasteiger partial charge in [0.1, 0.15) is 0 Å². The molecule has 34 heavy (non-hydrogen) atoms. The Bertz CT molecular complexity index is 1320. The van der Waals surface area contributed by atoms with Crippen LogP contribution in [0.3, 0.4) is 0 Å². The lowest BCUT2D eigenvalue weighted by Gasteiger charge is -2.43. The van der Waals surface area contributed by atoms with Crippen molar-refractivity contribution < 1.29 is 23.8 Å². The molecule has 2 heterocycles. The van der Waals surface area contributed by atoms with E-state index in [1.165, 1.54) is 11.0 Å². The molecule has 1 atom stereocenters. The molecule has 7 nitrogen and oxygen atoms in total. The van der Waals surface area contributed by atoms with E-state index in [4.69, 9.17) is 14.2 Å². The van der Waals surface area contributed by atoms with Gasteiger partial charge in [0.25, 0.3) is 17.5 Å². The summed E-state index contributed by atoms with van der Waals surface area (Å²) in [5.41, 5.74) is 2.02. The van der Waals surface area contributed by atoms with E-state index < -0.39 is 5.72 Å². The van der Waals surface area contributed by atoms with Crippen LogP contribution in [0, 0.1) is 0 Å². The number of ether oxygens (including phenoxy) is 3. The highest BCUT2D eigenvalue weighted by molar-refractivity contribution is 6.16. The Morgan fingerprint density at radius 2 is 1.68 bits per heavy atom. The van der Waals surface area contributed by atoms with Crippen LogP contribution in [0.2, 0.25) is 0 Å². The van der Waals surface area contributed by atoms with Crippen LogP contribution in [0.5, 0.6) is 11.5 Å². The maximum absolute atomic E-state index is 13.8. The number of methoxy groups -OCH3 is 2. The predicted molar refractivity (Wildman–Crippen MR) is 129 cm³/mol. The molecule has 0 aromatic heterocycles. The molecule has 0 aliphatic carbocycles. The zero-order valence-electron chi connectivity index (χ0n) is 19.1. The van der Waals surface area contributed by atoms with E-state index in [1.807, 2.05) is 54.6 Å². The van der Waals surface area contributed by atoms with Crippen molar-refractivity contribution in [2.24, 2.45) is 0 Å². The average molecular weight is 456 g/mol. The van der Waals surface area contributed by atoms with Gasteiger partial charge in [-0.05, 0) is 35.9 Å². The van der Waals surface area contributed by atoms with E-state index in [1.54, 1.807) is 44.4 Å². The Balaban J connectivity index is 1.61. The predicted octanol–water partition coefficient (Wildman–Crippen LogP) is 4.11. The third-order valence-corrected chi connectivity index (χ3v) is 6.26. The Kier molecular flexibility index (Phi) is 5.34. The quantitative estimate of drug-likeness (QED) is 0.553. The summed E-state index contributed by atoms with van der Waals surface area (Å²) in [6.07, 6.45) is 3.13. The van der Waals surface area contributed by atoms with Crippen molar-refractivity contribution in [3.8, 4) is 11.5 Å². The van der Waals surface area contributed by atoms with E-state index >= 15 is 0 Å². The fourth-order valence-electron chi connectivity index (χ4n) is 4.60. The Labute approximate surface area is 197 Å². The smallest absolute Gasteiger partial charge is 0.285 e. The minimum absolute atomic E-state index is 0.216. The molecular formula is C27H24N2O5. The minimum Gasteiger partial charge on any atom is -0.493 e. The molecule has 0 bridgehead atoms. The van der Waals surface area contributed by atoms with Crippen LogP contribution in [0.1, 0.15) is 16.7 Å². The number of hydrogen-bond donors (Lipinski definition) is 0. The SMILES string of the molecule is COc1ccc(/C=C/C(=O)N2c3ccccc3CO[C@]23C(=O)N(C)c2ccccc23)cc1OC. The molecular weight excluding hydrogens is 432 g/mol. The first-order chi connectivity index (χ1) is 16.5. The van der Waals surface area contributed by atoms with Gasteiger partial charge in [0.15, 0.2) is 11.5 Å². The van der Waals surface area contributed by atoms with Crippen LogP contribution in [-0.4, -0.2) is 33.1 Å². The molecule has 0 saturated carbocycles. The van der Waals surface area contributed by atoms with Crippen molar-refractivity contribution in [2.75, 3.05) is 31.1 Å². The zero-order chi connectivity index (χ0) is 23.9. The summed E-state index contributed by atoms with van der Waals surface area (Å²) in [6, 6.07) is 20.3. The lowest BCUT2D eigenvalue weighted by Crippen LogP contribution is -2.58. The highest BCUT2D eigenvalue weighted by Crippen LogP contribution is 2.49. The first kappa shape index (κ1) is 21.7. The van der Waals surface area contributed by atoms with Gasteiger partial charge in [0.05, 0.1) is 32.2 Å². The second kappa shape index (κ2) is 8.35. The number of anilines is 2. The number of nitrogens with zero attached hydrogens (tertiary/aromatic N) is 2. The summed E-state index contributed by atoms with van der Waals surface area (Å²) in [5.74, 6) is 0.470. The Hall–Kier alpha value is -4.10. The van der Waals surface area contributed by atoms with Crippen LogP contribution in [-0.2, 0) is 26.7 Å². The van der Waals surface area contributed by atoms with Crippen LogP contribution in [0.15, 0.2) is 72.8 Å². The van der Waals surface area contributed by atoms with E-state index in [9.17, 15) is 9.59 Å². The summed E-state index contributed by atoms with van der Waals surface area (Å²) in [4.78, 5) is 30.4. The summed E-state index contributed by atoms with van der Waals surface area (Å²) >= 11 is 0. The van der Waals surface area contributed by atoms with Crippen molar-refractivity contribution in [1.82, 2.24) is 0 Å². The number of fused-ring (bicyclic) bond motifs is 3. The van der Waals surface area contributed by atoms with E-state index in [2.05, 4.69) is 0 Å². The van der Waals surface area contributed by atoms with Gasteiger partial charge in [-0.2, -0.15) is 0 Å². The van der Waals surface area contributed by atoms with Gasteiger partial charge in [-0.1, -0.05) is 42.5 Å². The van der Waals surface area contributed by atoms with Gasteiger partial charge < -0.3 is 19.1 Å². The van der Waals surface area contributed by atoms with Crippen molar-refractivity contribution in [1.29, 1.82) is 0 Å². The molecule has 5 rings (SSSR count). The average Bonchev–Trinajstić information content (AvgIpc) is 3.09. The molecule has 2 aliphatic heterocycles. The molecule has 3 aromatic carbocycles. The zero-order valence-corrected chi connectivity index (χ0v) is 19.1. The standard InChI is InChI=1S/C27H24N2O5/c1-28-22-11-7-5-9-20(22)27(26(28)31)29(21-10-6-4-8-19(21)17-34-27)25(30)15-13-18-12-14-23(32-2)24(16-18)33-3/h4-16H,17H2,1-3H3/b15-13+/t27-/m1/s1. The van der Waals surface area contributed by atoms with Crippen molar-refractivity contribution in [3.63, 3.8) is 0 Å². The number of hydrogen-bond acceptors (Lipinski definition) is 5. The fraction of sp³-hybridized carbons (Fsp3) is 0.185. The molecule has 3 aromatic rings. The molecule has 0 fully saturated rings. The Morgan fingerprint density at radius 3 is 2.44 bits per heavy atom. The molecule has 7 heteroatoms. The highest BCUT2D eigenvalue weighted by Gasteiger charge is 2.59. The second-order valence-corrected chi connectivity index (χ2v) is 8.06. The molecule has 2 aliphatic rings. The van der Waals surface area contributed by atoms with Gasteiger partial charge >= 0.3 is 0 Å². The first-order valence-electron chi connectivity index (χ1n) is 10.8. The lowest BCUT2D eigenvalue weighted by molar-refractivity contribution is -0.151. The summed E-state index contributed by atoms with van der Waals surface area (Å²) in [5, 5.41) is 0. The van der Waals surface area contributed by atoms with Crippen molar-refractivity contribution in [2.45, 2.75) is 12.3 Å². The maximum atomic E-state index is 13.8. The number of benzene rings is 3. The van der Waals surface area contributed by atoms with Gasteiger partial charge in [-0.25, -0.2) is 0 Å². The molecule has 0 radical (unpaired) electrons. The normalized spacial score (nSPS) is 18.9. The number of para-hydroxylation sites is 2. The van der Waals surface area contributed by atoms with Gasteiger partial charge in [0.2, 0.25) is 0 Å². The summed E-state index contributed by atoms with van der Waals surface area (Å²) in [6.45, 7) is 0.216. The summed E-state index contributed by atoms with van der Waals surface area (Å²) < 4.78 is 16.9. The van der Waals surface area contributed by atoms with Gasteiger partial charge in [-0.15, -0.1) is 0 Å². The first-order valence-corrected chi connectivity index (χ1v) is 10.8. The molecule has 172 valence electrons. The molecule has 1 spiro atoms. The van der Waals surface area contributed by atoms with Crippen LogP contribution < -0.4 is 19.3 Å². The number of carbonyl (C=O) groups is 2. The maximum Gasteiger partial charge on any atom is 0.285 e. The highest BCUT2D eigenvalue weighted by atomic mass is 16.5. The van der Waals surface area contributed by atoms with E-state index in [0.29, 0.717) is 28.4 Å². The number of amides is 2. The van der Waals surface area contributed by atoms with Crippen molar-refractivity contribution >= 4 is 29.3 Å². The number of likely N-dealkylation sites (N-methyl/N-ethyl adjacent to an activating group) is 1. The molecule has 2 amide bonds. The minimum atomic E-state index is -1.57. The third kappa shape index (κ3) is 3.16. The second-order valence-electron chi connectivity index (χ2n) is 8.06. The van der Waals surface area contributed by atoms with Gasteiger partial charge in [0, 0.05) is 24.3 Å². The summed E-state index contributed by atoms with van der Waals surface area (Å²) in [7, 11) is 4.82. The Morgan fingerprint density at radius 1 is 0.971 bits per heavy atom. The molecule has 0 saturated heterocycles. The van der Waals surface area contributed by atoms with E-state index in [0.717, 1.165) is 11.1 Å². The third-order valence-electron chi connectivity index (χ3n) is 6.26. The fourth-order valence-corrected chi connectivity index (χ4v) is 4.60. The monoisotopic (exact) mass is 456 g/mol.